The Hall–Kier alpha value is -1.45. The second kappa shape index (κ2) is 3.98. The number of carbonyl (C=O) groups excluding carboxylic acids is 1. The van der Waals surface area contributed by atoms with Gasteiger partial charge in [-0.1, -0.05) is 0 Å². The first-order chi connectivity index (χ1) is 6.09. The molecule has 0 aliphatic carbocycles. The Kier molecular flexibility index (Phi) is 2.95. The number of aromatic nitrogens is 2. The Balaban J connectivity index is 2.76. The fourth-order valence-electron chi connectivity index (χ4n) is 1.02. The van der Waals surface area contributed by atoms with Gasteiger partial charge in [-0.15, -0.1) is 0 Å². The first kappa shape index (κ1) is 9.64. The minimum absolute atomic E-state index is 0.104. The van der Waals surface area contributed by atoms with E-state index in [0.29, 0.717) is 12.5 Å². The highest BCUT2D eigenvalue weighted by molar-refractivity contribution is 5.80. The van der Waals surface area contributed by atoms with Gasteiger partial charge in [0.15, 0.2) is 0 Å². The maximum Gasteiger partial charge on any atom is 0.225 e. The van der Waals surface area contributed by atoms with Crippen LogP contribution in [0, 0.1) is 6.92 Å². The molecule has 0 aliphatic heterocycles. The van der Waals surface area contributed by atoms with E-state index in [1.54, 1.807) is 25.1 Å². The molecule has 0 bridgehead atoms. The average molecular weight is 179 g/mol. The van der Waals surface area contributed by atoms with Gasteiger partial charge in [-0.3, -0.25) is 4.79 Å². The number of hydrogen-bond acceptors (Lipinski definition) is 4. The highest BCUT2D eigenvalue weighted by atomic mass is 16.1. The monoisotopic (exact) mass is 179 g/mol. The fourth-order valence-corrected chi connectivity index (χ4v) is 1.02. The maximum atomic E-state index is 10.8. The van der Waals surface area contributed by atoms with E-state index >= 15 is 0 Å². The van der Waals surface area contributed by atoms with Gasteiger partial charge in [0.05, 0.1) is 6.54 Å². The number of nitrogens with zero attached hydrogens (tertiary/aromatic N) is 3. The molecule has 1 aromatic heterocycles. The zero-order valence-electron chi connectivity index (χ0n) is 8.11. The summed E-state index contributed by atoms with van der Waals surface area (Å²) < 4.78 is 0. The normalized spacial score (nSPS) is 9.77. The molecule has 0 unspecified atom stereocenters. The van der Waals surface area contributed by atoms with E-state index in [1.165, 1.54) is 0 Å². The van der Waals surface area contributed by atoms with Crippen LogP contribution in [0.25, 0.3) is 0 Å². The Morgan fingerprint density at radius 3 is 2.85 bits per heavy atom. The van der Waals surface area contributed by atoms with E-state index in [0.717, 1.165) is 5.69 Å². The lowest BCUT2D eigenvalue weighted by atomic mass is 10.4. The van der Waals surface area contributed by atoms with Crippen molar-refractivity contribution in [3.63, 3.8) is 0 Å². The van der Waals surface area contributed by atoms with Crippen molar-refractivity contribution in [1.82, 2.24) is 9.97 Å². The molecule has 0 saturated carbocycles. The van der Waals surface area contributed by atoms with Crippen LogP contribution in [0.2, 0.25) is 0 Å². The SMILES string of the molecule is CC(=O)CN(C)c1nccc(C)n1. The largest absolute Gasteiger partial charge is 0.337 e. The molecule has 0 fully saturated rings. The second-order valence-electron chi connectivity index (χ2n) is 3.06. The predicted molar refractivity (Wildman–Crippen MR) is 50.7 cm³/mol. The molecule has 0 saturated heterocycles. The number of carbonyl (C=O) groups is 1. The number of aryl methyl sites for hydroxylation is 1. The molecule has 70 valence electrons. The average Bonchev–Trinajstić information content (AvgIpc) is 2.03. The smallest absolute Gasteiger partial charge is 0.225 e. The Morgan fingerprint density at radius 1 is 1.62 bits per heavy atom. The molecule has 0 aliphatic rings. The van der Waals surface area contributed by atoms with Gasteiger partial charge in [-0.05, 0) is 19.9 Å². The van der Waals surface area contributed by atoms with Crippen LogP contribution in [-0.4, -0.2) is 29.3 Å². The first-order valence-electron chi connectivity index (χ1n) is 4.10. The van der Waals surface area contributed by atoms with Crippen LogP contribution in [0.15, 0.2) is 12.3 Å². The number of rotatable bonds is 3. The highest BCUT2D eigenvalue weighted by Crippen LogP contribution is 2.03. The van der Waals surface area contributed by atoms with Crippen LogP contribution >= 0.6 is 0 Å². The zero-order valence-corrected chi connectivity index (χ0v) is 8.11. The van der Waals surface area contributed by atoms with Crippen molar-refractivity contribution in [3.05, 3.63) is 18.0 Å². The summed E-state index contributed by atoms with van der Waals surface area (Å²) in [6, 6.07) is 1.82. The summed E-state index contributed by atoms with van der Waals surface area (Å²) in [5.41, 5.74) is 0.903. The van der Waals surface area contributed by atoms with Crippen LogP contribution < -0.4 is 4.90 Å². The van der Waals surface area contributed by atoms with Crippen molar-refractivity contribution in [1.29, 1.82) is 0 Å². The van der Waals surface area contributed by atoms with Gasteiger partial charge in [0, 0.05) is 18.9 Å². The van der Waals surface area contributed by atoms with Gasteiger partial charge in [0.1, 0.15) is 5.78 Å². The predicted octanol–water partition coefficient (Wildman–Crippen LogP) is 0.810. The molecule has 0 N–H and O–H groups in total. The second-order valence-corrected chi connectivity index (χ2v) is 3.06. The summed E-state index contributed by atoms with van der Waals surface area (Å²) in [7, 11) is 1.80. The van der Waals surface area contributed by atoms with Crippen molar-refractivity contribution in [3.8, 4) is 0 Å². The summed E-state index contributed by atoms with van der Waals surface area (Å²) >= 11 is 0. The molecule has 0 radical (unpaired) electrons. The third-order valence-electron chi connectivity index (χ3n) is 1.58. The van der Waals surface area contributed by atoms with Crippen LogP contribution in [0.5, 0.6) is 0 Å². The van der Waals surface area contributed by atoms with E-state index < -0.39 is 0 Å². The Morgan fingerprint density at radius 2 is 2.31 bits per heavy atom. The van der Waals surface area contributed by atoms with Crippen LogP contribution in [0.4, 0.5) is 5.95 Å². The fraction of sp³-hybridized carbons (Fsp3) is 0.444. The van der Waals surface area contributed by atoms with Gasteiger partial charge in [-0.2, -0.15) is 0 Å². The molecule has 0 spiro atoms. The topological polar surface area (TPSA) is 46.1 Å². The minimum Gasteiger partial charge on any atom is -0.337 e. The van der Waals surface area contributed by atoms with E-state index in [-0.39, 0.29) is 5.78 Å². The molecule has 13 heavy (non-hydrogen) atoms. The Labute approximate surface area is 77.6 Å². The molecule has 1 rings (SSSR count). The van der Waals surface area contributed by atoms with Gasteiger partial charge < -0.3 is 4.90 Å². The van der Waals surface area contributed by atoms with Crippen molar-refractivity contribution in [2.75, 3.05) is 18.5 Å². The molecular weight excluding hydrogens is 166 g/mol. The number of anilines is 1. The lowest BCUT2D eigenvalue weighted by molar-refractivity contribution is -0.115. The number of likely N-dealkylation sites (N-methyl/N-ethyl adjacent to an activating group) is 1. The summed E-state index contributed by atoms with van der Waals surface area (Å²) in [4.78, 5) is 20.8. The standard InChI is InChI=1S/C9H13N3O/c1-7-4-5-10-9(11-7)12(3)6-8(2)13/h4-5H,6H2,1-3H3. The molecule has 1 heterocycles. The van der Waals surface area contributed by atoms with Gasteiger partial charge in [-0.25, -0.2) is 9.97 Å². The van der Waals surface area contributed by atoms with Crippen LogP contribution in [-0.2, 0) is 4.79 Å². The van der Waals surface area contributed by atoms with Crippen molar-refractivity contribution < 1.29 is 4.79 Å². The van der Waals surface area contributed by atoms with Crippen LogP contribution in [0.3, 0.4) is 0 Å². The third kappa shape index (κ3) is 2.82. The van der Waals surface area contributed by atoms with E-state index in [1.807, 2.05) is 13.0 Å². The van der Waals surface area contributed by atoms with Crippen LogP contribution in [0.1, 0.15) is 12.6 Å². The third-order valence-corrected chi connectivity index (χ3v) is 1.58. The van der Waals surface area contributed by atoms with Gasteiger partial charge >= 0.3 is 0 Å². The number of Topliss-reactive ketones (excluding diaryl/α,β-unsaturated/α-hetero) is 1. The van der Waals surface area contributed by atoms with E-state index in [9.17, 15) is 4.79 Å². The van der Waals surface area contributed by atoms with Crippen molar-refractivity contribution >= 4 is 11.7 Å². The molecule has 0 aromatic carbocycles. The lowest BCUT2D eigenvalue weighted by Crippen LogP contribution is -2.25. The number of hydrogen-bond donors (Lipinski definition) is 0. The van der Waals surface area contributed by atoms with Gasteiger partial charge in [0.2, 0.25) is 5.95 Å². The molecule has 0 amide bonds. The quantitative estimate of drug-likeness (QED) is 0.688. The van der Waals surface area contributed by atoms with E-state index in [2.05, 4.69) is 9.97 Å². The molecule has 4 nitrogen and oxygen atoms in total. The number of ketones is 1. The zero-order chi connectivity index (χ0) is 9.84. The maximum absolute atomic E-state index is 10.8. The lowest BCUT2D eigenvalue weighted by Gasteiger charge is -2.14. The van der Waals surface area contributed by atoms with Gasteiger partial charge in [0.25, 0.3) is 0 Å². The Bertz CT molecular complexity index is 311. The molecule has 1 aromatic rings. The van der Waals surface area contributed by atoms with Crippen molar-refractivity contribution in [2.45, 2.75) is 13.8 Å². The summed E-state index contributed by atoms with van der Waals surface area (Å²) in [5.74, 6) is 0.697. The summed E-state index contributed by atoms with van der Waals surface area (Å²) in [6.07, 6.45) is 1.69. The van der Waals surface area contributed by atoms with E-state index in [4.69, 9.17) is 0 Å². The minimum atomic E-state index is 0.104. The summed E-state index contributed by atoms with van der Waals surface area (Å²) in [6.45, 7) is 3.79. The first-order valence-corrected chi connectivity index (χ1v) is 4.10. The molecule has 4 heteroatoms. The molecule has 0 atom stereocenters. The molecular formula is C9H13N3O. The highest BCUT2D eigenvalue weighted by Gasteiger charge is 2.05. The van der Waals surface area contributed by atoms with Crippen molar-refractivity contribution in [2.24, 2.45) is 0 Å². The summed E-state index contributed by atoms with van der Waals surface area (Å²) in [5, 5.41) is 0.